The van der Waals surface area contributed by atoms with Crippen LogP contribution in [0.2, 0.25) is 0 Å². The Morgan fingerprint density at radius 2 is 1.00 bits per heavy atom. The number of benzene rings is 9. The Kier molecular flexibility index (Phi) is 7.01. The quantitative estimate of drug-likeness (QED) is 0.178. The van der Waals surface area contributed by atoms with Gasteiger partial charge in [0, 0.05) is 49.5 Å². The van der Waals surface area contributed by atoms with Crippen molar-refractivity contribution in [3.8, 4) is 61.8 Å². The Morgan fingerprint density at radius 3 is 1.81 bits per heavy atom. The van der Waals surface area contributed by atoms with E-state index in [9.17, 15) is 0 Å². The van der Waals surface area contributed by atoms with Gasteiger partial charge in [0.1, 0.15) is 11.2 Å². The number of hydrogen-bond donors (Lipinski definition) is 0. The van der Waals surface area contributed by atoms with Crippen LogP contribution in [0.4, 0.5) is 0 Å². The van der Waals surface area contributed by atoms with Crippen LogP contribution in [0.25, 0.3) is 106 Å². The maximum absolute atomic E-state index is 6.34. The fourth-order valence-corrected chi connectivity index (χ4v) is 11.1. The van der Waals surface area contributed by atoms with Crippen molar-refractivity contribution in [3.63, 3.8) is 0 Å². The number of para-hydroxylation sites is 2. The van der Waals surface area contributed by atoms with Gasteiger partial charge in [-0.3, -0.25) is 0 Å². The molecule has 0 atom stereocenters. The molecule has 0 radical (unpaired) electrons. The number of aromatic nitrogens is 3. The van der Waals surface area contributed by atoms with Crippen LogP contribution >= 0.6 is 0 Å². The van der Waals surface area contributed by atoms with Gasteiger partial charge >= 0.3 is 0 Å². The maximum atomic E-state index is 6.34. The molecule has 4 nitrogen and oxygen atoms in total. The second-order valence-corrected chi connectivity index (χ2v) is 16.8. The predicted octanol–water partition coefficient (Wildman–Crippen LogP) is 14.8. The summed E-state index contributed by atoms with van der Waals surface area (Å²) in [6.07, 6.45) is 0. The smallest absolute Gasteiger partial charge is 0.160 e. The van der Waals surface area contributed by atoms with Gasteiger partial charge in [0.05, 0.1) is 27.8 Å². The molecule has 12 aromatic rings. The Hall–Kier alpha value is -8.34. The molecule has 14 rings (SSSR count). The molecule has 1 spiro atoms. The van der Waals surface area contributed by atoms with Crippen molar-refractivity contribution in [3.05, 3.63) is 235 Å². The topological polar surface area (TPSA) is 43.9 Å². The molecular formula is C59H35N3O. The van der Waals surface area contributed by atoms with E-state index in [0.29, 0.717) is 5.82 Å². The number of furan rings is 1. The molecule has 0 fully saturated rings. The van der Waals surface area contributed by atoms with Crippen molar-refractivity contribution in [2.24, 2.45) is 0 Å². The lowest BCUT2D eigenvalue weighted by atomic mass is 9.70. The molecule has 63 heavy (non-hydrogen) atoms. The highest BCUT2D eigenvalue weighted by Gasteiger charge is 2.52. The first-order valence-corrected chi connectivity index (χ1v) is 21.6. The van der Waals surface area contributed by atoms with Crippen LogP contribution in [0.15, 0.2) is 217 Å². The molecule has 4 heteroatoms. The Balaban J connectivity index is 1.03. The van der Waals surface area contributed by atoms with E-state index in [0.717, 1.165) is 61.2 Å². The third-order valence-electron chi connectivity index (χ3n) is 13.6. The second-order valence-electron chi connectivity index (χ2n) is 16.8. The molecule has 292 valence electrons. The average molecular weight is 802 g/mol. The van der Waals surface area contributed by atoms with Crippen LogP contribution in [0.5, 0.6) is 0 Å². The van der Waals surface area contributed by atoms with Gasteiger partial charge in [0.15, 0.2) is 5.82 Å². The lowest BCUT2D eigenvalue weighted by Gasteiger charge is -2.30. The van der Waals surface area contributed by atoms with E-state index in [1.165, 1.54) is 60.8 Å². The van der Waals surface area contributed by atoms with Crippen molar-refractivity contribution >= 4 is 43.7 Å². The summed E-state index contributed by atoms with van der Waals surface area (Å²) >= 11 is 0. The average Bonchev–Trinajstić information content (AvgIpc) is 4.08. The van der Waals surface area contributed by atoms with Gasteiger partial charge in [-0.05, 0) is 75.3 Å². The third-order valence-corrected chi connectivity index (χ3v) is 13.6. The predicted molar refractivity (Wildman–Crippen MR) is 256 cm³/mol. The normalized spacial score (nSPS) is 13.2. The van der Waals surface area contributed by atoms with E-state index in [1.807, 2.05) is 36.4 Å². The fourth-order valence-electron chi connectivity index (χ4n) is 11.1. The molecule has 3 heterocycles. The first-order valence-electron chi connectivity index (χ1n) is 21.6. The molecule has 2 aliphatic carbocycles. The second kappa shape index (κ2) is 12.8. The van der Waals surface area contributed by atoms with Gasteiger partial charge < -0.3 is 8.98 Å². The molecule has 0 saturated heterocycles. The van der Waals surface area contributed by atoms with Gasteiger partial charge in [0.25, 0.3) is 0 Å². The minimum absolute atomic E-state index is 0.440. The molecule has 2 aliphatic rings. The van der Waals surface area contributed by atoms with E-state index in [2.05, 4.69) is 180 Å². The van der Waals surface area contributed by atoms with Gasteiger partial charge in [-0.2, -0.15) is 0 Å². The van der Waals surface area contributed by atoms with Gasteiger partial charge in [0.2, 0.25) is 0 Å². The van der Waals surface area contributed by atoms with E-state index >= 15 is 0 Å². The molecule has 0 aliphatic heterocycles. The fraction of sp³-hybridized carbons (Fsp3) is 0.0169. The number of fused-ring (bicyclic) bond motifs is 17. The third kappa shape index (κ3) is 4.64. The molecule has 0 saturated carbocycles. The highest BCUT2D eigenvalue weighted by atomic mass is 16.3. The minimum atomic E-state index is -0.440. The molecular weight excluding hydrogens is 767 g/mol. The van der Waals surface area contributed by atoms with E-state index in [1.54, 1.807) is 0 Å². The summed E-state index contributed by atoms with van der Waals surface area (Å²) in [7, 11) is 0. The van der Waals surface area contributed by atoms with Crippen molar-refractivity contribution in [1.29, 1.82) is 0 Å². The molecule has 0 amide bonds. The number of rotatable bonds is 4. The Morgan fingerprint density at radius 1 is 0.397 bits per heavy atom. The summed E-state index contributed by atoms with van der Waals surface area (Å²) in [6, 6.07) is 76.5. The van der Waals surface area contributed by atoms with Crippen LogP contribution in [0.1, 0.15) is 22.3 Å². The monoisotopic (exact) mass is 801 g/mol. The summed E-state index contributed by atoms with van der Waals surface area (Å²) in [4.78, 5) is 10.6. The highest BCUT2D eigenvalue weighted by molar-refractivity contribution is 6.17. The summed E-state index contributed by atoms with van der Waals surface area (Å²) in [5, 5.41) is 4.58. The Bertz CT molecular complexity index is 3830. The summed E-state index contributed by atoms with van der Waals surface area (Å²) in [5.74, 6) is 0.673. The SMILES string of the molecule is c1ccc(-c2nc(-c3cccc(-n4c5ccccc5c5ccc6c(c54)-c4ccccc4C64c5ccccc5-c5ccccc54)c3)cc(-c3cccc4oc5ccccc5c34)n2)cc1. The van der Waals surface area contributed by atoms with Crippen molar-refractivity contribution in [2.75, 3.05) is 0 Å². The van der Waals surface area contributed by atoms with Crippen molar-refractivity contribution < 1.29 is 4.42 Å². The Labute approximate surface area is 363 Å². The molecule has 0 N–H and O–H groups in total. The first-order chi connectivity index (χ1) is 31.3. The highest BCUT2D eigenvalue weighted by Crippen LogP contribution is 2.64. The van der Waals surface area contributed by atoms with E-state index in [-0.39, 0.29) is 0 Å². The van der Waals surface area contributed by atoms with Crippen LogP contribution in [0.3, 0.4) is 0 Å². The van der Waals surface area contributed by atoms with Gasteiger partial charge in [-0.1, -0.05) is 176 Å². The first kappa shape index (κ1) is 34.4. The van der Waals surface area contributed by atoms with Crippen molar-refractivity contribution in [2.45, 2.75) is 5.41 Å². The summed E-state index contributed by atoms with van der Waals surface area (Å²) < 4.78 is 8.84. The van der Waals surface area contributed by atoms with Crippen LogP contribution in [-0.2, 0) is 5.41 Å². The zero-order valence-electron chi connectivity index (χ0n) is 34.0. The van der Waals surface area contributed by atoms with E-state index < -0.39 is 5.41 Å². The molecule has 0 bridgehead atoms. The van der Waals surface area contributed by atoms with E-state index in [4.69, 9.17) is 14.4 Å². The van der Waals surface area contributed by atoms with Gasteiger partial charge in [-0.25, -0.2) is 9.97 Å². The molecule has 3 aromatic heterocycles. The van der Waals surface area contributed by atoms with Crippen LogP contribution in [0, 0.1) is 0 Å². The number of nitrogens with zero attached hydrogens (tertiary/aromatic N) is 3. The van der Waals surface area contributed by atoms with Crippen LogP contribution in [-0.4, -0.2) is 14.5 Å². The standard InChI is InChI=1S/C59H35N3O/c1-2-16-36(17-3-1)58-60-50(35-51(61-58)44-25-15-31-54-55(44)45-24-8-13-30-53(45)63-54)37-18-14-19-38(34-37)62-52-29-12-7-22-41(52)42-32-33-49-56(57(42)62)43-23-6-11-28-48(43)59(49)46-26-9-4-20-39(46)40-21-5-10-27-47(40)59/h1-35H. The number of hydrogen-bond acceptors (Lipinski definition) is 3. The zero-order valence-corrected chi connectivity index (χ0v) is 34.0. The zero-order chi connectivity index (χ0) is 41.2. The maximum Gasteiger partial charge on any atom is 0.160 e. The van der Waals surface area contributed by atoms with Gasteiger partial charge in [-0.15, -0.1) is 0 Å². The minimum Gasteiger partial charge on any atom is -0.456 e. The largest absolute Gasteiger partial charge is 0.456 e. The lowest BCUT2D eigenvalue weighted by molar-refractivity contribution is 0.669. The molecule has 9 aromatic carbocycles. The van der Waals surface area contributed by atoms with Crippen LogP contribution < -0.4 is 0 Å². The lowest BCUT2D eigenvalue weighted by Crippen LogP contribution is -2.25. The summed E-state index contributed by atoms with van der Waals surface area (Å²) in [5.41, 5.74) is 19.9. The van der Waals surface area contributed by atoms with Crippen molar-refractivity contribution in [1.82, 2.24) is 14.5 Å². The summed E-state index contributed by atoms with van der Waals surface area (Å²) in [6.45, 7) is 0. The molecule has 0 unspecified atom stereocenters.